The lowest BCUT2D eigenvalue weighted by atomic mass is 10.0. The first-order valence-corrected chi connectivity index (χ1v) is 4.77. The van der Waals surface area contributed by atoms with Gasteiger partial charge in [0.2, 0.25) is 0 Å². The van der Waals surface area contributed by atoms with Crippen LogP contribution in [-0.4, -0.2) is 19.3 Å². The third-order valence-electron chi connectivity index (χ3n) is 2.43. The smallest absolute Gasteiger partial charge is 0.159 e. The second-order valence-corrected chi connectivity index (χ2v) is 3.56. The summed E-state index contributed by atoms with van der Waals surface area (Å²) in [5.74, 6) is -1.68. The summed E-state index contributed by atoms with van der Waals surface area (Å²) in [5, 5.41) is 0. The zero-order valence-electron chi connectivity index (χ0n) is 8.84. The standard InChI is InChI=1S/C11H15F2NO/c1-7(15-2)11(14)6-8-3-4-9(12)10(13)5-8/h3-5,7,11H,6,14H2,1-2H3. The van der Waals surface area contributed by atoms with Crippen molar-refractivity contribution in [3.8, 4) is 0 Å². The summed E-state index contributed by atoms with van der Waals surface area (Å²) in [6.07, 6.45) is 0.352. The summed E-state index contributed by atoms with van der Waals surface area (Å²) < 4.78 is 30.5. The Morgan fingerprint density at radius 2 is 2.00 bits per heavy atom. The van der Waals surface area contributed by atoms with Crippen molar-refractivity contribution < 1.29 is 13.5 Å². The maximum Gasteiger partial charge on any atom is 0.159 e. The average molecular weight is 215 g/mol. The van der Waals surface area contributed by atoms with Gasteiger partial charge in [-0.25, -0.2) is 8.78 Å². The lowest BCUT2D eigenvalue weighted by Gasteiger charge is -2.18. The highest BCUT2D eigenvalue weighted by atomic mass is 19.2. The number of ether oxygens (including phenoxy) is 1. The molecular formula is C11H15F2NO. The number of rotatable bonds is 4. The zero-order valence-corrected chi connectivity index (χ0v) is 8.84. The number of hydrogen-bond acceptors (Lipinski definition) is 2. The molecule has 1 aromatic rings. The molecule has 2 nitrogen and oxygen atoms in total. The predicted octanol–water partition coefficient (Wildman–Crippen LogP) is 1.87. The number of methoxy groups -OCH3 is 1. The topological polar surface area (TPSA) is 35.2 Å². The molecule has 0 aliphatic carbocycles. The molecule has 0 aromatic heterocycles. The summed E-state index contributed by atoms with van der Waals surface area (Å²) in [7, 11) is 1.57. The maximum absolute atomic E-state index is 12.9. The summed E-state index contributed by atoms with van der Waals surface area (Å²) >= 11 is 0. The maximum atomic E-state index is 12.9. The van der Waals surface area contributed by atoms with Gasteiger partial charge in [0.05, 0.1) is 6.10 Å². The predicted molar refractivity (Wildman–Crippen MR) is 54.5 cm³/mol. The van der Waals surface area contributed by atoms with Crippen LogP contribution in [0.1, 0.15) is 12.5 Å². The van der Waals surface area contributed by atoms with Crippen molar-refractivity contribution in [2.45, 2.75) is 25.5 Å². The molecule has 1 rings (SSSR count). The van der Waals surface area contributed by atoms with Gasteiger partial charge in [0.1, 0.15) is 0 Å². The highest BCUT2D eigenvalue weighted by Crippen LogP contribution is 2.11. The largest absolute Gasteiger partial charge is 0.380 e. The van der Waals surface area contributed by atoms with Crippen molar-refractivity contribution in [1.82, 2.24) is 0 Å². The van der Waals surface area contributed by atoms with Crippen LogP contribution in [0.3, 0.4) is 0 Å². The number of halogens is 2. The average Bonchev–Trinajstić information content (AvgIpc) is 2.22. The number of hydrogen-bond donors (Lipinski definition) is 1. The van der Waals surface area contributed by atoms with Gasteiger partial charge in [0.25, 0.3) is 0 Å². The zero-order chi connectivity index (χ0) is 11.4. The van der Waals surface area contributed by atoms with Gasteiger partial charge in [-0.1, -0.05) is 6.07 Å². The van der Waals surface area contributed by atoms with E-state index in [0.29, 0.717) is 12.0 Å². The van der Waals surface area contributed by atoms with Crippen LogP contribution in [0.2, 0.25) is 0 Å². The van der Waals surface area contributed by atoms with Crippen molar-refractivity contribution in [1.29, 1.82) is 0 Å². The van der Waals surface area contributed by atoms with Crippen molar-refractivity contribution in [2.24, 2.45) is 5.73 Å². The van der Waals surface area contributed by atoms with Gasteiger partial charge in [0, 0.05) is 13.2 Å². The first kappa shape index (κ1) is 12.1. The van der Waals surface area contributed by atoms with Crippen LogP contribution in [0.4, 0.5) is 8.78 Å². The second kappa shape index (κ2) is 5.19. The minimum absolute atomic E-state index is 0.113. The van der Waals surface area contributed by atoms with Crippen LogP contribution in [0.25, 0.3) is 0 Å². The molecule has 0 bridgehead atoms. The van der Waals surface area contributed by atoms with Crippen LogP contribution in [0, 0.1) is 11.6 Å². The van der Waals surface area contributed by atoms with E-state index in [1.54, 1.807) is 7.11 Å². The van der Waals surface area contributed by atoms with Crippen molar-refractivity contribution in [2.75, 3.05) is 7.11 Å². The molecule has 0 aliphatic heterocycles. The highest BCUT2D eigenvalue weighted by molar-refractivity contribution is 5.18. The Morgan fingerprint density at radius 1 is 1.33 bits per heavy atom. The molecule has 0 heterocycles. The molecule has 0 fully saturated rings. The third kappa shape index (κ3) is 3.25. The molecule has 0 saturated carbocycles. The van der Waals surface area contributed by atoms with Gasteiger partial charge >= 0.3 is 0 Å². The quantitative estimate of drug-likeness (QED) is 0.832. The molecule has 0 amide bonds. The Kier molecular flexibility index (Phi) is 4.17. The Morgan fingerprint density at radius 3 is 2.53 bits per heavy atom. The molecule has 2 N–H and O–H groups in total. The fraction of sp³-hybridized carbons (Fsp3) is 0.455. The van der Waals surface area contributed by atoms with E-state index in [2.05, 4.69) is 0 Å². The van der Waals surface area contributed by atoms with E-state index in [0.717, 1.165) is 12.1 Å². The van der Waals surface area contributed by atoms with Crippen molar-refractivity contribution >= 4 is 0 Å². The highest BCUT2D eigenvalue weighted by Gasteiger charge is 2.13. The molecule has 0 spiro atoms. The van der Waals surface area contributed by atoms with Crippen LogP contribution in [-0.2, 0) is 11.2 Å². The summed E-state index contributed by atoms with van der Waals surface area (Å²) in [5.41, 5.74) is 6.48. The van der Waals surface area contributed by atoms with E-state index < -0.39 is 11.6 Å². The molecule has 4 heteroatoms. The monoisotopic (exact) mass is 215 g/mol. The number of nitrogens with two attached hydrogens (primary N) is 1. The minimum atomic E-state index is -0.843. The van der Waals surface area contributed by atoms with Gasteiger partial charge in [-0.05, 0) is 31.0 Å². The Hall–Kier alpha value is -1.00. The third-order valence-corrected chi connectivity index (χ3v) is 2.43. The van der Waals surface area contributed by atoms with E-state index in [9.17, 15) is 8.78 Å². The van der Waals surface area contributed by atoms with Gasteiger partial charge in [0.15, 0.2) is 11.6 Å². The van der Waals surface area contributed by atoms with E-state index in [-0.39, 0.29) is 12.1 Å². The first-order valence-electron chi connectivity index (χ1n) is 4.77. The SMILES string of the molecule is COC(C)C(N)Cc1ccc(F)c(F)c1. The fourth-order valence-electron chi connectivity index (χ4n) is 1.28. The van der Waals surface area contributed by atoms with E-state index in [1.165, 1.54) is 6.07 Å². The van der Waals surface area contributed by atoms with Gasteiger partial charge in [-0.15, -0.1) is 0 Å². The fourth-order valence-corrected chi connectivity index (χ4v) is 1.28. The van der Waals surface area contributed by atoms with E-state index >= 15 is 0 Å². The number of benzene rings is 1. The lowest BCUT2D eigenvalue weighted by molar-refractivity contribution is 0.0955. The first-order chi connectivity index (χ1) is 7.04. The van der Waals surface area contributed by atoms with Crippen LogP contribution in [0.5, 0.6) is 0 Å². The second-order valence-electron chi connectivity index (χ2n) is 3.56. The molecule has 2 unspecified atom stereocenters. The van der Waals surface area contributed by atoms with Crippen LogP contribution >= 0.6 is 0 Å². The molecule has 1 aromatic carbocycles. The minimum Gasteiger partial charge on any atom is -0.380 e. The molecule has 84 valence electrons. The molecule has 2 atom stereocenters. The molecule has 0 radical (unpaired) electrons. The van der Waals surface area contributed by atoms with Gasteiger partial charge in [-0.3, -0.25) is 0 Å². The van der Waals surface area contributed by atoms with E-state index in [1.807, 2.05) is 6.92 Å². The van der Waals surface area contributed by atoms with Crippen LogP contribution in [0.15, 0.2) is 18.2 Å². The summed E-state index contributed by atoms with van der Waals surface area (Å²) in [6.45, 7) is 1.84. The summed E-state index contributed by atoms with van der Waals surface area (Å²) in [4.78, 5) is 0. The van der Waals surface area contributed by atoms with Crippen LogP contribution < -0.4 is 5.73 Å². The molecular weight excluding hydrogens is 200 g/mol. The van der Waals surface area contributed by atoms with E-state index in [4.69, 9.17) is 10.5 Å². The Balaban J connectivity index is 2.68. The van der Waals surface area contributed by atoms with Gasteiger partial charge < -0.3 is 10.5 Å². The lowest BCUT2D eigenvalue weighted by Crippen LogP contribution is -2.35. The van der Waals surface area contributed by atoms with Gasteiger partial charge in [-0.2, -0.15) is 0 Å². The molecule has 15 heavy (non-hydrogen) atoms. The molecule has 0 saturated heterocycles. The Labute approximate surface area is 88.0 Å². The van der Waals surface area contributed by atoms with Crippen molar-refractivity contribution in [3.63, 3.8) is 0 Å². The van der Waals surface area contributed by atoms with Crippen molar-refractivity contribution in [3.05, 3.63) is 35.4 Å². The molecule has 0 aliphatic rings. The normalized spacial score (nSPS) is 15.0. The summed E-state index contributed by atoms with van der Waals surface area (Å²) in [6, 6.07) is 3.58. The Bertz CT molecular complexity index is 330.